The first-order valence-electron chi connectivity index (χ1n) is 6.98. The van der Waals surface area contributed by atoms with Gasteiger partial charge in [-0.05, 0) is 45.4 Å². The van der Waals surface area contributed by atoms with E-state index in [9.17, 15) is 9.59 Å². The molecule has 0 aromatic heterocycles. The number of nitrogens with zero attached hydrogens (tertiary/aromatic N) is 1. The van der Waals surface area contributed by atoms with Gasteiger partial charge in [-0.2, -0.15) is 0 Å². The summed E-state index contributed by atoms with van der Waals surface area (Å²) in [6.07, 6.45) is 4.30. The molecule has 0 aliphatic heterocycles. The van der Waals surface area contributed by atoms with Gasteiger partial charge in [0.2, 0.25) is 0 Å². The maximum Gasteiger partial charge on any atom is 0.317 e. The maximum absolute atomic E-state index is 12.1. The molecular weight excluding hydrogens is 244 g/mol. The molecule has 0 radical (unpaired) electrons. The third-order valence-corrected chi connectivity index (χ3v) is 3.89. The van der Waals surface area contributed by atoms with Crippen LogP contribution in [-0.2, 0) is 4.79 Å². The zero-order chi connectivity index (χ0) is 14.6. The molecule has 1 aliphatic carbocycles. The summed E-state index contributed by atoms with van der Waals surface area (Å²) < 4.78 is 0. The van der Waals surface area contributed by atoms with Crippen LogP contribution in [0.1, 0.15) is 52.9 Å². The first-order valence-corrected chi connectivity index (χ1v) is 6.98. The number of aliphatic carboxylic acids is 1. The van der Waals surface area contributed by atoms with Crippen molar-refractivity contribution in [1.29, 1.82) is 0 Å². The van der Waals surface area contributed by atoms with Crippen molar-refractivity contribution in [1.82, 2.24) is 10.2 Å². The van der Waals surface area contributed by atoms with Gasteiger partial charge >= 0.3 is 12.0 Å². The third-order valence-electron chi connectivity index (χ3n) is 3.89. The van der Waals surface area contributed by atoms with Crippen molar-refractivity contribution < 1.29 is 14.7 Å². The van der Waals surface area contributed by atoms with Gasteiger partial charge in [-0.3, -0.25) is 4.79 Å². The minimum atomic E-state index is -0.903. The Kier molecular flexibility index (Phi) is 5.20. The molecule has 0 aromatic rings. The first-order chi connectivity index (χ1) is 8.71. The molecule has 5 nitrogen and oxygen atoms in total. The van der Waals surface area contributed by atoms with Crippen LogP contribution in [0.4, 0.5) is 4.79 Å². The van der Waals surface area contributed by atoms with Gasteiger partial charge in [-0.25, -0.2) is 4.79 Å². The maximum atomic E-state index is 12.1. The van der Waals surface area contributed by atoms with E-state index >= 15 is 0 Å². The SMILES string of the molecule is CC1CCC(N(C)C(=O)NC(C)(C)CC(=O)O)CC1. The molecule has 0 heterocycles. The van der Waals surface area contributed by atoms with Gasteiger partial charge < -0.3 is 15.3 Å². The largest absolute Gasteiger partial charge is 0.481 e. The van der Waals surface area contributed by atoms with Crippen molar-refractivity contribution in [2.45, 2.75) is 64.5 Å². The van der Waals surface area contributed by atoms with Crippen LogP contribution >= 0.6 is 0 Å². The van der Waals surface area contributed by atoms with Gasteiger partial charge in [0.25, 0.3) is 0 Å². The number of amides is 2. The van der Waals surface area contributed by atoms with Gasteiger partial charge in [-0.15, -0.1) is 0 Å². The zero-order valence-corrected chi connectivity index (χ0v) is 12.4. The Bertz CT molecular complexity index is 334. The molecule has 0 unspecified atom stereocenters. The monoisotopic (exact) mass is 270 g/mol. The Morgan fingerprint density at radius 2 is 1.79 bits per heavy atom. The second-order valence-corrected chi connectivity index (χ2v) is 6.41. The van der Waals surface area contributed by atoms with Crippen LogP contribution < -0.4 is 5.32 Å². The fourth-order valence-electron chi connectivity index (χ4n) is 2.60. The molecule has 1 fully saturated rings. The molecular formula is C14H26N2O3. The van der Waals surface area contributed by atoms with E-state index in [2.05, 4.69) is 12.2 Å². The molecule has 1 saturated carbocycles. The molecule has 1 rings (SSSR count). The smallest absolute Gasteiger partial charge is 0.317 e. The summed E-state index contributed by atoms with van der Waals surface area (Å²) in [6, 6.07) is 0.0997. The number of nitrogens with one attached hydrogen (secondary N) is 1. The van der Waals surface area contributed by atoms with Crippen LogP contribution in [-0.4, -0.2) is 40.6 Å². The predicted octanol–water partition coefficient (Wildman–Crippen LogP) is 2.46. The Hall–Kier alpha value is -1.26. The van der Waals surface area contributed by atoms with Crippen molar-refractivity contribution in [2.24, 2.45) is 5.92 Å². The number of rotatable bonds is 4. The van der Waals surface area contributed by atoms with Crippen molar-refractivity contribution in [3.63, 3.8) is 0 Å². The van der Waals surface area contributed by atoms with Crippen molar-refractivity contribution in [2.75, 3.05) is 7.05 Å². The van der Waals surface area contributed by atoms with E-state index < -0.39 is 11.5 Å². The molecule has 19 heavy (non-hydrogen) atoms. The van der Waals surface area contributed by atoms with E-state index in [0.717, 1.165) is 31.6 Å². The van der Waals surface area contributed by atoms with E-state index in [4.69, 9.17) is 5.11 Å². The lowest BCUT2D eigenvalue weighted by Gasteiger charge is -2.36. The highest BCUT2D eigenvalue weighted by Gasteiger charge is 2.29. The van der Waals surface area contributed by atoms with Crippen LogP contribution in [0.5, 0.6) is 0 Å². The summed E-state index contributed by atoms with van der Waals surface area (Å²) in [5, 5.41) is 11.6. The highest BCUT2D eigenvalue weighted by Crippen LogP contribution is 2.26. The number of carboxylic acids is 1. The summed E-state index contributed by atoms with van der Waals surface area (Å²) in [5.74, 6) is -0.157. The molecule has 5 heteroatoms. The quantitative estimate of drug-likeness (QED) is 0.824. The number of hydrogen-bond acceptors (Lipinski definition) is 2. The topological polar surface area (TPSA) is 69.6 Å². The fourth-order valence-corrected chi connectivity index (χ4v) is 2.60. The molecule has 2 N–H and O–H groups in total. The summed E-state index contributed by atoms with van der Waals surface area (Å²) in [7, 11) is 1.80. The summed E-state index contributed by atoms with van der Waals surface area (Å²) in [4.78, 5) is 24.6. The number of urea groups is 1. The molecule has 0 spiro atoms. The molecule has 1 aliphatic rings. The number of carbonyl (C=O) groups excluding carboxylic acids is 1. The van der Waals surface area contributed by atoms with Gasteiger partial charge in [0.15, 0.2) is 0 Å². The fraction of sp³-hybridized carbons (Fsp3) is 0.857. The van der Waals surface area contributed by atoms with Crippen LogP contribution in [0.2, 0.25) is 0 Å². The van der Waals surface area contributed by atoms with Crippen molar-refractivity contribution in [3.05, 3.63) is 0 Å². The molecule has 0 bridgehead atoms. The summed E-state index contributed by atoms with van der Waals surface area (Å²) in [5.41, 5.74) is -0.723. The molecule has 2 amide bonds. The summed E-state index contributed by atoms with van der Waals surface area (Å²) in [6.45, 7) is 5.71. The minimum absolute atomic E-state index is 0.0751. The van der Waals surface area contributed by atoms with Crippen LogP contribution in [0.25, 0.3) is 0 Å². The van der Waals surface area contributed by atoms with Crippen LogP contribution in [0.3, 0.4) is 0 Å². The lowest BCUT2D eigenvalue weighted by Crippen LogP contribution is -2.52. The standard InChI is InChI=1S/C14H26N2O3/c1-10-5-7-11(8-6-10)16(4)13(19)15-14(2,3)9-12(17)18/h10-11H,5-9H2,1-4H3,(H,15,19)(H,17,18). The summed E-state index contributed by atoms with van der Waals surface area (Å²) >= 11 is 0. The number of hydrogen-bond donors (Lipinski definition) is 2. The van der Waals surface area contributed by atoms with Gasteiger partial charge in [-0.1, -0.05) is 6.92 Å². The molecule has 0 aromatic carbocycles. The number of carbonyl (C=O) groups is 2. The van der Waals surface area contributed by atoms with E-state index in [0.29, 0.717) is 0 Å². The normalized spacial score (nSPS) is 23.8. The van der Waals surface area contributed by atoms with E-state index in [1.54, 1.807) is 25.8 Å². The second-order valence-electron chi connectivity index (χ2n) is 6.41. The zero-order valence-electron chi connectivity index (χ0n) is 12.4. The van der Waals surface area contributed by atoms with E-state index in [-0.39, 0.29) is 18.5 Å². The number of carboxylic acid groups (broad SMARTS) is 1. The lowest BCUT2D eigenvalue weighted by atomic mass is 9.87. The molecule has 0 saturated heterocycles. The Morgan fingerprint density at radius 3 is 2.26 bits per heavy atom. The highest BCUT2D eigenvalue weighted by atomic mass is 16.4. The average Bonchev–Trinajstić information content (AvgIpc) is 2.26. The van der Waals surface area contributed by atoms with Crippen molar-refractivity contribution >= 4 is 12.0 Å². The predicted molar refractivity (Wildman–Crippen MR) is 74.0 cm³/mol. The Labute approximate surface area is 115 Å². The average molecular weight is 270 g/mol. The Morgan fingerprint density at radius 1 is 1.26 bits per heavy atom. The second kappa shape index (κ2) is 6.26. The first kappa shape index (κ1) is 15.8. The van der Waals surface area contributed by atoms with Gasteiger partial charge in [0.05, 0.1) is 6.42 Å². The highest BCUT2D eigenvalue weighted by molar-refractivity contribution is 5.76. The molecule has 110 valence electrons. The van der Waals surface area contributed by atoms with E-state index in [1.165, 1.54) is 0 Å². The Balaban J connectivity index is 2.50. The lowest BCUT2D eigenvalue weighted by molar-refractivity contribution is -0.138. The van der Waals surface area contributed by atoms with E-state index in [1.807, 2.05) is 0 Å². The van der Waals surface area contributed by atoms with Crippen molar-refractivity contribution in [3.8, 4) is 0 Å². The molecule has 0 atom stereocenters. The van der Waals surface area contributed by atoms with Gasteiger partial charge in [0.1, 0.15) is 0 Å². The van der Waals surface area contributed by atoms with Crippen LogP contribution in [0.15, 0.2) is 0 Å². The van der Waals surface area contributed by atoms with Crippen LogP contribution in [0, 0.1) is 5.92 Å². The minimum Gasteiger partial charge on any atom is -0.481 e. The van der Waals surface area contributed by atoms with Gasteiger partial charge in [0, 0.05) is 18.6 Å². The third kappa shape index (κ3) is 5.09.